The van der Waals surface area contributed by atoms with E-state index >= 15 is 0 Å². The second-order valence-corrected chi connectivity index (χ2v) is 11.4. The lowest BCUT2D eigenvalue weighted by Crippen LogP contribution is -2.50. The summed E-state index contributed by atoms with van der Waals surface area (Å²) >= 11 is 0. The average molecular weight is 552 g/mol. The number of nitrogens with one attached hydrogen (secondary N) is 1. The van der Waals surface area contributed by atoms with Gasteiger partial charge in [0.15, 0.2) is 0 Å². The summed E-state index contributed by atoms with van der Waals surface area (Å²) in [5, 5.41) is 33.1. The van der Waals surface area contributed by atoms with Gasteiger partial charge in [0.05, 0.1) is 18.8 Å². The molecule has 0 spiro atoms. The monoisotopic (exact) mass is 551 g/mol. The van der Waals surface area contributed by atoms with E-state index < -0.39 is 18.2 Å². The van der Waals surface area contributed by atoms with Crippen molar-refractivity contribution >= 4 is 5.91 Å². The molecule has 0 aromatic heterocycles. The van der Waals surface area contributed by atoms with E-state index in [0.29, 0.717) is 12.8 Å². The van der Waals surface area contributed by atoms with Crippen molar-refractivity contribution in [2.24, 2.45) is 0 Å². The van der Waals surface area contributed by atoms with Gasteiger partial charge in [0.1, 0.15) is 6.10 Å². The van der Waals surface area contributed by atoms with Crippen LogP contribution in [0, 0.1) is 0 Å². The zero-order valence-corrected chi connectivity index (χ0v) is 25.8. The molecule has 5 nitrogen and oxygen atoms in total. The van der Waals surface area contributed by atoms with E-state index in [-0.39, 0.29) is 12.5 Å². The van der Waals surface area contributed by atoms with E-state index in [1.165, 1.54) is 83.5 Å². The van der Waals surface area contributed by atoms with E-state index in [0.717, 1.165) is 51.4 Å². The van der Waals surface area contributed by atoms with Gasteiger partial charge >= 0.3 is 0 Å². The van der Waals surface area contributed by atoms with Crippen LogP contribution in [0.25, 0.3) is 0 Å². The molecule has 0 heterocycles. The Bertz CT molecular complexity index is 578. The zero-order valence-electron chi connectivity index (χ0n) is 25.8. The highest BCUT2D eigenvalue weighted by molar-refractivity contribution is 5.76. The third-order valence-electron chi connectivity index (χ3n) is 7.56. The first-order valence-corrected chi connectivity index (χ1v) is 16.6. The first-order valence-electron chi connectivity index (χ1n) is 16.6. The largest absolute Gasteiger partial charge is 0.394 e. The van der Waals surface area contributed by atoms with Crippen LogP contribution in [0.1, 0.15) is 162 Å². The van der Waals surface area contributed by atoms with E-state index in [4.69, 9.17) is 0 Å². The number of rotatable bonds is 29. The van der Waals surface area contributed by atoms with E-state index in [1.807, 2.05) is 0 Å². The summed E-state index contributed by atoms with van der Waals surface area (Å²) in [7, 11) is 0. The Morgan fingerprint density at radius 2 is 1.10 bits per heavy atom. The van der Waals surface area contributed by atoms with Gasteiger partial charge in [-0.2, -0.15) is 0 Å². The van der Waals surface area contributed by atoms with E-state index in [2.05, 4.69) is 43.5 Å². The summed E-state index contributed by atoms with van der Waals surface area (Å²) in [5.41, 5.74) is 0. The number of aliphatic hydroxyl groups is 3. The molecule has 39 heavy (non-hydrogen) atoms. The summed E-state index contributed by atoms with van der Waals surface area (Å²) in [6.45, 7) is 4.09. The number of unbranched alkanes of at least 4 members (excludes halogenated alkanes) is 17. The average Bonchev–Trinajstić information content (AvgIpc) is 2.94. The Labute approximate surface area is 241 Å². The third-order valence-corrected chi connectivity index (χ3v) is 7.56. The van der Waals surface area contributed by atoms with Gasteiger partial charge in [-0.25, -0.2) is 0 Å². The summed E-state index contributed by atoms with van der Waals surface area (Å²) in [6, 6.07) is -0.808. The standard InChI is InChI=1S/C34H65NO4/c1-3-5-7-9-11-13-14-15-16-17-18-19-20-21-23-25-27-29-33(38)35-31(30-36)34(39)32(37)28-26-24-22-12-10-8-6-4-2/h11,13,15-16,31-32,34,36-37,39H,3-10,12,14,17-30H2,1-2H3,(H,35,38)/b13-11-,16-15-. The molecule has 0 aromatic rings. The van der Waals surface area contributed by atoms with Crippen molar-refractivity contribution in [2.45, 2.75) is 180 Å². The SMILES string of the molecule is CCCCC/C=C\C/C=C\CCCCCCCCCC(=O)NC(CO)C(O)C(O)CCCCCCCCCC. The van der Waals surface area contributed by atoms with E-state index in [9.17, 15) is 20.1 Å². The van der Waals surface area contributed by atoms with Gasteiger partial charge < -0.3 is 20.6 Å². The lowest BCUT2D eigenvalue weighted by molar-refractivity contribution is -0.124. The molecule has 0 rings (SSSR count). The minimum Gasteiger partial charge on any atom is -0.394 e. The number of hydrogen-bond acceptors (Lipinski definition) is 4. The Hall–Kier alpha value is -1.17. The fraction of sp³-hybridized carbons (Fsp3) is 0.853. The molecule has 0 saturated heterocycles. The van der Waals surface area contributed by atoms with Crippen LogP contribution in [0.5, 0.6) is 0 Å². The van der Waals surface area contributed by atoms with Crippen molar-refractivity contribution in [3.8, 4) is 0 Å². The van der Waals surface area contributed by atoms with Crippen LogP contribution in [-0.2, 0) is 4.79 Å². The number of hydrogen-bond donors (Lipinski definition) is 4. The molecule has 4 N–H and O–H groups in total. The van der Waals surface area contributed by atoms with Gasteiger partial charge in [-0.3, -0.25) is 4.79 Å². The molecule has 0 aliphatic heterocycles. The van der Waals surface area contributed by atoms with E-state index in [1.54, 1.807) is 0 Å². The Morgan fingerprint density at radius 3 is 1.67 bits per heavy atom. The fourth-order valence-corrected chi connectivity index (χ4v) is 4.89. The lowest BCUT2D eigenvalue weighted by Gasteiger charge is -2.26. The highest BCUT2D eigenvalue weighted by Gasteiger charge is 2.26. The van der Waals surface area contributed by atoms with Crippen LogP contribution in [0.4, 0.5) is 0 Å². The molecule has 0 bridgehead atoms. The summed E-state index contributed by atoms with van der Waals surface area (Å²) in [4.78, 5) is 12.3. The smallest absolute Gasteiger partial charge is 0.220 e. The third kappa shape index (κ3) is 25.5. The second-order valence-electron chi connectivity index (χ2n) is 11.4. The van der Waals surface area contributed by atoms with Gasteiger partial charge in [-0.15, -0.1) is 0 Å². The number of allylic oxidation sites excluding steroid dienone is 4. The Kier molecular flexibility index (Phi) is 28.9. The van der Waals surface area contributed by atoms with Crippen molar-refractivity contribution < 1.29 is 20.1 Å². The first-order chi connectivity index (χ1) is 19.1. The molecule has 0 saturated carbocycles. The highest BCUT2D eigenvalue weighted by atomic mass is 16.3. The van der Waals surface area contributed by atoms with Gasteiger partial charge in [-0.1, -0.05) is 134 Å². The molecule has 1 amide bonds. The van der Waals surface area contributed by atoms with Crippen LogP contribution in [-0.4, -0.2) is 46.1 Å². The molecule has 230 valence electrons. The predicted octanol–water partition coefficient (Wildman–Crippen LogP) is 8.31. The molecular formula is C34H65NO4. The van der Waals surface area contributed by atoms with Gasteiger partial charge in [0.2, 0.25) is 5.91 Å². The van der Waals surface area contributed by atoms with Crippen LogP contribution < -0.4 is 5.32 Å². The first kappa shape index (κ1) is 37.8. The highest BCUT2D eigenvalue weighted by Crippen LogP contribution is 2.14. The van der Waals surface area contributed by atoms with Crippen LogP contribution in [0.2, 0.25) is 0 Å². The molecular weight excluding hydrogens is 486 g/mol. The number of amides is 1. The summed E-state index contributed by atoms with van der Waals surface area (Å²) < 4.78 is 0. The maximum atomic E-state index is 12.3. The number of carbonyl (C=O) groups excluding carboxylic acids is 1. The number of aliphatic hydroxyl groups excluding tert-OH is 3. The van der Waals surface area contributed by atoms with Crippen LogP contribution >= 0.6 is 0 Å². The summed E-state index contributed by atoms with van der Waals surface area (Å²) in [6.07, 6.45) is 32.7. The van der Waals surface area contributed by atoms with Crippen molar-refractivity contribution in [1.29, 1.82) is 0 Å². The number of carbonyl (C=O) groups is 1. The molecule has 0 aromatic carbocycles. The molecule has 0 fully saturated rings. The maximum absolute atomic E-state index is 12.3. The normalized spacial score (nSPS) is 14.3. The molecule has 5 heteroatoms. The zero-order chi connectivity index (χ0) is 28.8. The topological polar surface area (TPSA) is 89.8 Å². The molecule has 0 aliphatic carbocycles. The Morgan fingerprint density at radius 1 is 0.641 bits per heavy atom. The van der Waals surface area contributed by atoms with Crippen LogP contribution in [0.3, 0.4) is 0 Å². The van der Waals surface area contributed by atoms with Crippen LogP contribution in [0.15, 0.2) is 24.3 Å². The molecule has 0 aliphatic rings. The molecule has 3 atom stereocenters. The second kappa shape index (κ2) is 29.8. The van der Waals surface area contributed by atoms with Crippen molar-refractivity contribution in [1.82, 2.24) is 5.32 Å². The van der Waals surface area contributed by atoms with Gasteiger partial charge in [0.25, 0.3) is 0 Å². The molecule has 0 radical (unpaired) electrons. The Balaban J connectivity index is 3.72. The molecule has 3 unspecified atom stereocenters. The van der Waals surface area contributed by atoms with Crippen molar-refractivity contribution in [2.75, 3.05) is 6.61 Å². The van der Waals surface area contributed by atoms with Gasteiger partial charge in [-0.05, 0) is 44.9 Å². The quantitative estimate of drug-likeness (QED) is 0.0556. The maximum Gasteiger partial charge on any atom is 0.220 e. The minimum atomic E-state index is -1.13. The fourth-order valence-electron chi connectivity index (χ4n) is 4.89. The van der Waals surface area contributed by atoms with Crippen molar-refractivity contribution in [3.05, 3.63) is 24.3 Å². The van der Waals surface area contributed by atoms with Crippen molar-refractivity contribution in [3.63, 3.8) is 0 Å². The lowest BCUT2D eigenvalue weighted by atomic mass is 9.99. The summed E-state index contributed by atoms with van der Waals surface area (Å²) in [5.74, 6) is -0.157. The predicted molar refractivity (Wildman–Crippen MR) is 167 cm³/mol. The van der Waals surface area contributed by atoms with Gasteiger partial charge in [0, 0.05) is 6.42 Å². The minimum absolute atomic E-state index is 0.157.